The van der Waals surface area contributed by atoms with Gasteiger partial charge in [0.05, 0.1) is 18.0 Å². The Bertz CT molecular complexity index is 1510. The Morgan fingerprint density at radius 2 is 1.69 bits per heavy atom. The van der Waals surface area contributed by atoms with Crippen molar-refractivity contribution in [2.45, 2.75) is 12.5 Å². The molecule has 5 aromatic rings. The molecule has 2 N–H and O–H groups in total. The quantitative estimate of drug-likeness (QED) is 0.254. The molecule has 0 fully saturated rings. The molecule has 3 aromatic carbocycles. The van der Waals surface area contributed by atoms with Crippen LogP contribution in [0.1, 0.15) is 17.2 Å². The zero-order valence-corrected chi connectivity index (χ0v) is 19.6. The van der Waals surface area contributed by atoms with E-state index >= 15 is 0 Å². The summed E-state index contributed by atoms with van der Waals surface area (Å²) in [6.45, 7) is 3.47. The van der Waals surface area contributed by atoms with Gasteiger partial charge in [-0.1, -0.05) is 91.5 Å². The van der Waals surface area contributed by atoms with Crippen LogP contribution < -0.4 is 5.32 Å². The summed E-state index contributed by atoms with van der Waals surface area (Å²) in [5.41, 5.74) is 4.82. The molecule has 0 saturated heterocycles. The van der Waals surface area contributed by atoms with Gasteiger partial charge < -0.3 is 14.8 Å². The Kier molecular flexibility index (Phi) is 6.69. The molecule has 2 aromatic heterocycles. The second-order valence-corrected chi connectivity index (χ2v) is 8.41. The highest BCUT2D eigenvalue weighted by atomic mass is 16.3. The van der Waals surface area contributed by atoms with Crippen molar-refractivity contribution in [3.8, 4) is 22.5 Å². The number of nitrogens with one attached hydrogen (secondary N) is 1. The maximum atomic E-state index is 12.0. The van der Waals surface area contributed by atoms with E-state index in [2.05, 4.69) is 21.9 Å². The molecule has 0 aliphatic rings. The van der Waals surface area contributed by atoms with Crippen LogP contribution in [0.2, 0.25) is 0 Å². The summed E-state index contributed by atoms with van der Waals surface area (Å²) in [5.74, 6) is 1.16. The molecule has 0 amide bonds. The largest absolute Gasteiger partial charge is 0.437 e. The number of furan rings is 1. The summed E-state index contributed by atoms with van der Waals surface area (Å²) in [4.78, 5) is 21.0. The molecule has 0 radical (unpaired) electrons. The fraction of sp³-hybridized carbons (Fsp3) is 0.100. The number of aliphatic hydroxyl groups excluding tert-OH is 1. The van der Waals surface area contributed by atoms with Gasteiger partial charge in [-0.25, -0.2) is 9.97 Å². The van der Waals surface area contributed by atoms with E-state index in [1.165, 1.54) is 12.4 Å². The molecule has 6 heteroatoms. The highest BCUT2D eigenvalue weighted by molar-refractivity contribution is 6.06. The Morgan fingerprint density at radius 1 is 0.972 bits per heavy atom. The van der Waals surface area contributed by atoms with Crippen molar-refractivity contribution in [1.29, 1.82) is 0 Å². The zero-order chi connectivity index (χ0) is 24.9. The number of rotatable bonds is 9. The third-order valence-electron chi connectivity index (χ3n) is 6.04. The lowest BCUT2D eigenvalue weighted by molar-refractivity contribution is -0.114. The minimum Gasteiger partial charge on any atom is -0.437 e. The highest BCUT2D eigenvalue weighted by Crippen LogP contribution is 2.43. The normalized spacial score (nSPS) is 11.8. The van der Waals surface area contributed by atoms with Gasteiger partial charge in [-0.2, -0.15) is 0 Å². The molecule has 1 atom stereocenters. The monoisotopic (exact) mass is 475 g/mol. The molecule has 0 aliphatic heterocycles. The molecular weight excluding hydrogens is 450 g/mol. The number of carbonyl (C=O) groups is 1. The van der Waals surface area contributed by atoms with Crippen molar-refractivity contribution in [3.05, 3.63) is 115 Å². The number of nitrogens with zero attached hydrogens (tertiary/aromatic N) is 2. The number of anilines is 1. The lowest BCUT2D eigenvalue weighted by Crippen LogP contribution is -2.15. The summed E-state index contributed by atoms with van der Waals surface area (Å²) in [5, 5.41) is 14.3. The van der Waals surface area contributed by atoms with Crippen LogP contribution in [0.4, 0.5) is 5.82 Å². The van der Waals surface area contributed by atoms with Crippen molar-refractivity contribution in [1.82, 2.24) is 9.97 Å². The van der Waals surface area contributed by atoms with Crippen LogP contribution >= 0.6 is 0 Å². The van der Waals surface area contributed by atoms with E-state index in [0.29, 0.717) is 22.7 Å². The smallest absolute Gasteiger partial charge is 0.232 e. The highest BCUT2D eigenvalue weighted by Gasteiger charge is 2.24. The molecule has 178 valence electrons. The number of allylic oxidation sites excluding steroid dienone is 1. The van der Waals surface area contributed by atoms with Gasteiger partial charge >= 0.3 is 0 Å². The third-order valence-corrected chi connectivity index (χ3v) is 6.04. The van der Waals surface area contributed by atoms with Crippen LogP contribution in [-0.2, 0) is 11.2 Å². The van der Waals surface area contributed by atoms with Crippen LogP contribution in [-0.4, -0.2) is 27.5 Å². The average Bonchev–Trinajstić information content (AvgIpc) is 3.33. The standard InChI is InChI=1S/C30H25N3O3/c1-2-24(35)17-20-10-9-15-23(16-20)26-27-29(33-25(18-34)21-11-5-3-6-12-21)31-19-32-30(27)36-28(26)22-13-7-4-8-14-22/h2-16,19,25,34H,1,17-18H2,(H,31,32,33)/t25-/m1/s1. The summed E-state index contributed by atoms with van der Waals surface area (Å²) < 4.78 is 6.31. The van der Waals surface area contributed by atoms with Crippen LogP contribution in [0.25, 0.3) is 33.6 Å². The lowest BCUT2D eigenvalue weighted by Gasteiger charge is -2.18. The van der Waals surface area contributed by atoms with Crippen molar-refractivity contribution in [3.63, 3.8) is 0 Å². The van der Waals surface area contributed by atoms with Gasteiger partial charge in [0, 0.05) is 17.5 Å². The number of ketones is 1. The topological polar surface area (TPSA) is 88.2 Å². The molecule has 36 heavy (non-hydrogen) atoms. The SMILES string of the molecule is C=CC(=O)Cc1cccc(-c2c(-c3ccccc3)oc3ncnc(N[C@H](CO)c4ccccc4)c23)c1. The second-order valence-electron chi connectivity index (χ2n) is 8.41. The Hall–Kier alpha value is -4.55. The van der Waals surface area contributed by atoms with Gasteiger partial charge in [0.25, 0.3) is 0 Å². The fourth-order valence-electron chi connectivity index (χ4n) is 4.31. The van der Waals surface area contributed by atoms with Gasteiger partial charge in [-0.05, 0) is 22.8 Å². The van der Waals surface area contributed by atoms with Crippen LogP contribution in [0, 0.1) is 0 Å². The maximum absolute atomic E-state index is 12.0. The van der Waals surface area contributed by atoms with Gasteiger partial charge in [-0.3, -0.25) is 4.79 Å². The molecule has 2 heterocycles. The lowest BCUT2D eigenvalue weighted by atomic mass is 9.96. The average molecular weight is 476 g/mol. The second kappa shape index (κ2) is 10.4. The minimum absolute atomic E-state index is 0.0492. The number of aromatic nitrogens is 2. The molecule has 0 unspecified atom stereocenters. The maximum Gasteiger partial charge on any atom is 0.232 e. The van der Waals surface area contributed by atoms with E-state index in [1.54, 1.807) is 0 Å². The van der Waals surface area contributed by atoms with Crippen molar-refractivity contribution >= 4 is 22.7 Å². The van der Waals surface area contributed by atoms with Crippen molar-refractivity contribution < 1.29 is 14.3 Å². The summed E-state index contributed by atoms with van der Waals surface area (Å²) in [6, 6.07) is 27.0. The molecular formula is C30H25N3O3. The number of hydrogen-bond acceptors (Lipinski definition) is 6. The van der Waals surface area contributed by atoms with E-state index < -0.39 is 0 Å². The fourth-order valence-corrected chi connectivity index (χ4v) is 4.31. The summed E-state index contributed by atoms with van der Waals surface area (Å²) in [6.07, 6.45) is 3.05. The van der Waals surface area contributed by atoms with Crippen LogP contribution in [0.3, 0.4) is 0 Å². The third kappa shape index (κ3) is 4.67. The van der Waals surface area contributed by atoms with E-state index in [0.717, 1.165) is 27.8 Å². The van der Waals surface area contributed by atoms with Crippen LogP contribution in [0.15, 0.2) is 108 Å². The van der Waals surface area contributed by atoms with Gasteiger partial charge in [0.15, 0.2) is 5.78 Å². The zero-order valence-electron chi connectivity index (χ0n) is 19.6. The first-order chi connectivity index (χ1) is 17.7. The van der Waals surface area contributed by atoms with Gasteiger partial charge in [0.1, 0.15) is 17.9 Å². The predicted octanol–water partition coefficient (Wildman–Crippen LogP) is 6.00. The number of hydrogen-bond donors (Lipinski definition) is 2. The van der Waals surface area contributed by atoms with E-state index in [9.17, 15) is 9.90 Å². The summed E-state index contributed by atoms with van der Waals surface area (Å²) in [7, 11) is 0. The predicted molar refractivity (Wildman–Crippen MR) is 141 cm³/mol. The van der Waals surface area contributed by atoms with Crippen molar-refractivity contribution in [2.24, 2.45) is 0 Å². The van der Waals surface area contributed by atoms with E-state index in [-0.39, 0.29) is 24.9 Å². The number of carbonyl (C=O) groups excluding carboxylic acids is 1. The van der Waals surface area contributed by atoms with E-state index in [1.807, 2.05) is 84.9 Å². The molecule has 0 aliphatic carbocycles. The molecule has 0 bridgehead atoms. The number of fused-ring (bicyclic) bond motifs is 1. The Balaban J connectivity index is 1.70. The first-order valence-electron chi connectivity index (χ1n) is 11.7. The van der Waals surface area contributed by atoms with Gasteiger partial charge in [-0.15, -0.1) is 0 Å². The first-order valence-corrected chi connectivity index (χ1v) is 11.7. The molecule has 0 saturated carbocycles. The van der Waals surface area contributed by atoms with Crippen molar-refractivity contribution in [2.75, 3.05) is 11.9 Å². The van der Waals surface area contributed by atoms with E-state index in [4.69, 9.17) is 4.42 Å². The Labute approximate surface area is 209 Å². The Morgan fingerprint density at radius 3 is 2.42 bits per heavy atom. The van der Waals surface area contributed by atoms with Gasteiger partial charge in [0.2, 0.25) is 5.71 Å². The summed E-state index contributed by atoms with van der Waals surface area (Å²) >= 11 is 0. The first kappa shape index (κ1) is 23.2. The minimum atomic E-state index is -0.372. The number of benzene rings is 3. The molecule has 0 spiro atoms. The number of aliphatic hydroxyl groups is 1. The molecule has 5 rings (SSSR count). The van der Waals surface area contributed by atoms with Crippen LogP contribution in [0.5, 0.6) is 0 Å². The molecule has 6 nitrogen and oxygen atoms in total.